The maximum Gasteiger partial charge on any atom is 0.328 e. The SMILES string of the molecule is CCCc1nsc(NC(C)C(=O)OCC)n1. The van der Waals surface area contributed by atoms with Gasteiger partial charge in [0.05, 0.1) is 6.61 Å². The molecule has 0 radical (unpaired) electrons. The van der Waals surface area contributed by atoms with Crippen molar-refractivity contribution in [1.82, 2.24) is 9.36 Å². The van der Waals surface area contributed by atoms with Crippen LogP contribution in [0.1, 0.15) is 33.0 Å². The molecule has 0 aliphatic rings. The number of carbonyl (C=O) groups excluding carboxylic acids is 1. The van der Waals surface area contributed by atoms with Crippen LogP contribution in [-0.2, 0) is 16.0 Å². The first-order chi connectivity index (χ1) is 7.67. The number of aryl methyl sites for hydroxylation is 1. The summed E-state index contributed by atoms with van der Waals surface area (Å²) >= 11 is 1.27. The fourth-order valence-electron chi connectivity index (χ4n) is 1.15. The fraction of sp³-hybridized carbons (Fsp3) is 0.700. The normalized spacial score (nSPS) is 12.2. The quantitative estimate of drug-likeness (QED) is 0.772. The third-order valence-corrected chi connectivity index (χ3v) is 2.61. The molecular weight excluding hydrogens is 226 g/mol. The molecule has 1 N–H and O–H groups in total. The van der Waals surface area contributed by atoms with Crippen molar-refractivity contribution in [2.45, 2.75) is 39.7 Å². The summed E-state index contributed by atoms with van der Waals surface area (Å²) in [6.45, 7) is 6.01. The highest BCUT2D eigenvalue weighted by atomic mass is 32.1. The van der Waals surface area contributed by atoms with Crippen LogP contribution in [0.25, 0.3) is 0 Å². The average Bonchev–Trinajstić information content (AvgIpc) is 2.66. The van der Waals surface area contributed by atoms with Gasteiger partial charge in [-0.05, 0) is 20.3 Å². The first-order valence-corrected chi connectivity index (χ1v) is 6.20. The van der Waals surface area contributed by atoms with Crippen molar-refractivity contribution in [3.63, 3.8) is 0 Å². The topological polar surface area (TPSA) is 64.1 Å². The average molecular weight is 243 g/mol. The molecule has 16 heavy (non-hydrogen) atoms. The van der Waals surface area contributed by atoms with E-state index in [-0.39, 0.29) is 12.0 Å². The molecule has 0 aliphatic carbocycles. The highest BCUT2D eigenvalue weighted by Crippen LogP contribution is 2.13. The van der Waals surface area contributed by atoms with Crippen LogP contribution in [0.2, 0.25) is 0 Å². The maximum atomic E-state index is 11.4. The van der Waals surface area contributed by atoms with E-state index < -0.39 is 0 Å². The molecule has 1 aromatic heterocycles. The number of esters is 1. The zero-order valence-corrected chi connectivity index (χ0v) is 10.6. The van der Waals surface area contributed by atoms with E-state index in [1.54, 1.807) is 13.8 Å². The standard InChI is InChI=1S/C10H17N3O2S/c1-4-6-8-12-10(16-13-8)11-7(3)9(14)15-5-2/h7H,4-6H2,1-3H3,(H,11,12,13). The van der Waals surface area contributed by atoms with Gasteiger partial charge in [-0.15, -0.1) is 0 Å². The van der Waals surface area contributed by atoms with Gasteiger partial charge in [-0.25, -0.2) is 9.78 Å². The molecule has 1 heterocycles. The number of hydrogen-bond acceptors (Lipinski definition) is 6. The third kappa shape index (κ3) is 3.77. The largest absolute Gasteiger partial charge is 0.464 e. The van der Waals surface area contributed by atoms with E-state index in [0.717, 1.165) is 18.7 Å². The molecule has 0 spiro atoms. The predicted octanol–water partition coefficient (Wildman–Crippen LogP) is 1.85. The number of carbonyl (C=O) groups is 1. The van der Waals surface area contributed by atoms with Crippen LogP contribution in [0.3, 0.4) is 0 Å². The van der Waals surface area contributed by atoms with Crippen LogP contribution in [0, 0.1) is 0 Å². The molecular formula is C10H17N3O2S. The second-order valence-electron chi connectivity index (χ2n) is 3.38. The summed E-state index contributed by atoms with van der Waals surface area (Å²) in [4.78, 5) is 15.6. The van der Waals surface area contributed by atoms with Crippen LogP contribution in [-0.4, -0.2) is 28.0 Å². The van der Waals surface area contributed by atoms with Gasteiger partial charge in [0.25, 0.3) is 0 Å². The van der Waals surface area contributed by atoms with Crippen molar-refractivity contribution in [1.29, 1.82) is 0 Å². The van der Waals surface area contributed by atoms with Gasteiger partial charge in [-0.2, -0.15) is 4.37 Å². The number of rotatable bonds is 6. The Morgan fingerprint density at radius 3 is 2.94 bits per heavy atom. The van der Waals surface area contributed by atoms with Gasteiger partial charge in [0.15, 0.2) is 0 Å². The van der Waals surface area contributed by atoms with E-state index in [0.29, 0.717) is 11.7 Å². The van der Waals surface area contributed by atoms with E-state index in [2.05, 4.69) is 21.6 Å². The van der Waals surface area contributed by atoms with Gasteiger partial charge >= 0.3 is 5.97 Å². The second-order valence-corrected chi connectivity index (χ2v) is 4.14. The molecule has 5 nitrogen and oxygen atoms in total. The van der Waals surface area contributed by atoms with Crippen molar-refractivity contribution >= 4 is 22.6 Å². The van der Waals surface area contributed by atoms with Crippen molar-refractivity contribution in [2.24, 2.45) is 0 Å². The van der Waals surface area contributed by atoms with Crippen molar-refractivity contribution in [3.8, 4) is 0 Å². The van der Waals surface area contributed by atoms with E-state index in [1.807, 2.05) is 0 Å². The number of nitrogens with one attached hydrogen (secondary N) is 1. The second kappa shape index (κ2) is 6.42. The van der Waals surface area contributed by atoms with Gasteiger partial charge in [0.1, 0.15) is 11.9 Å². The minimum atomic E-state index is -0.387. The Kier molecular flexibility index (Phi) is 5.18. The lowest BCUT2D eigenvalue weighted by Gasteiger charge is -2.10. The van der Waals surface area contributed by atoms with Crippen LogP contribution in [0.15, 0.2) is 0 Å². The molecule has 0 aliphatic heterocycles. The highest BCUT2D eigenvalue weighted by Gasteiger charge is 2.15. The van der Waals surface area contributed by atoms with E-state index in [4.69, 9.17) is 4.74 Å². The number of ether oxygens (including phenoxy) is 1. The Balaban J connectivity index is 2.48. The van der Waals surface area contributed by atoms with Crippen LogP contribution >= 0.6 is 11.5 Å². The summed E-state index contributed by atoms with van der Waals surface area (Å²) in [5, 5.41) is 3.65. The molecule has 0 fully saturated rings. The molecule has 1 rings (SSSR count). The Morgan fingerprint density at radius 2 is 2.31 bits per heavy atom. The van der Waals surface area contributed by atoms with E-state index in [9.17, 15) is 4.79 Å². The monoisotopic (exact) mass is 243 g/mol. The van der Waals surface area contributed by atoms with E-state index >= 15 is 0 Å². The molecule has 90 valence electrons. The van der Waals surface area contributed by atoms with E-state index in [1.165, 1.54) is 11.5 Å². The van der Waals surface area contributed by atoms with Crippen LogP contribution in [0.5, 0.6) is 0 Å². The summed E-state index contributed by atoms with van der Waals surface area (Å²) in [7, 11) is 0. The first-order valence-electron chi connectivity index (χ1n) is 5.43. The molecule has 0 amide bonds. The Hall–Kier alpha value is -1.17. The molecule has 1 unspecified atom stereocenters. The van der Waals surface area contributed by atoms with Crippen molar-refractivity contribution < 1.29 is 9.53 Å². The summed E-state index contributed by atoms with van der Waals surface area (Å²) in [6.07, 6.45) is 1.88. The number of hydrogen-bond donors (Lipinski definition) is 1. The molecule has 6 heteroatoms. The lowest BCUT2D eigenvalue weighted by Crippen LogP contribution is -2.28. The van der Waals surface area contributed by atoms with Crippen molar-refractivity contribution in [3.05, 3.63) is 5.82 Å². The lowest BCUT2D eigenvalue weighted by atomic mass is 10.3. The molecule has 0 aromatic carbocycles. The summed E-state index contributed by atoms with van der Waals surface area (Å²) in [6, 6.07) is -0.387. The minimum absolute atomic E-state index is 0.269. The first kappa shape index (κ1) is 12.9. The third-order valence-electron chi connectivity index (χ3n) is 1.92. The molecule has 0 saturated heterocycles. The summed E-state index contributed by atoms with van der Waals surface area (Å²) in [5.74, 6) is 0.556. The van der Waals surface area contributed by atoms with Crippen LogP contribution in [0.4, 0.5) is 5.13 Å². The molecule has 1 aromatic rings. The Labute approximate surface area is 99.4 Å². The highest BCUT2D eigenvalue weighted by molar-refractivity contribution is 7.09. The van der Waals surface area contributed by atoms with Gasteiger partial charge in [-0.3, -0.25) is 0 Å². The fourth-order valence-corrected chi connectivity index (χ4v) is 1.85. The number of aromatic nitrogens is 2. The minimum Gasteiger partial charge on any atom is -0.464 e. The number of anilines is 1. The smallest absolute Gasteiger partial charge is 0.328 e. The summed E-state index contributed by atoms with van der Waals surface area (Å²) in [5.41, 5.74) is 0. The zero-order chi connectivity index (χ0) is 12.0. The Morgan fingerprint density at radius 1 is 1.56 bits per heavy atom. The molecule has 0 saturated carbocycles. The zero-order valence-electron chi connectivity index (χ0n) is 9.82. The van der Waals surface area contributed by atoms with Gasteiger partial charge in [0.2, 0.25) is 5.13 Å². The number of nitrogens with zero attached hydrogens (tertiary/aromatic N) is 2. The van der Waals surface area contributed by atoms with Crippen molar-refractivity contribution in [2.75, 3.05) is 11.9 Å². The summed E-state index contributed by atoms with van der Waals surface area (Å²) < 4.78 is 9.07. The van der Waals surface area contributed by atoms with Gasteiger partial charge in [-0.1, -0.05) is 6.92 Å². The predicted molar refractivity (Wildman–Crippen MR) is 63.6 cm³/mol. The maximum absolute atomic E-state index is 11.4. The van der Waals surface area contributed by atoms with Gasteiger partial charge < -0.3 is 10.1 Å². The molecule has 0 bridgehead atoms. The Bertz CT molecular complexity index is 341. The van der Waals surface area contributed by atoms with Crippen LogP contribution < -0.4 is 5.32 Å². The molecule has 1 atom stereocenters. The lowest BCUT2D eigenvalue weighted by molar-refractivity contribution is -0.143. The van der Waals surface area contributed by atoms with Gasteiger partial charge in [0, 0.05) is 18.0 Å².